The van der Waals surface area contributed by atoms with Gasteiger partial charge in [-0.15, -0.1) is 0 Å². The van der Waals surface area contributed by atoms with Crippen LogP contribution in [0.25, 0.3) is 0 Å². The Kier molecular flexibility index (Phi) is 4.81. The van der Waals surface area contributed by atoms with E-state index in [0.717, 1.165) is 6.26 Å². The third-order valence-corrected chi connectivity index (χ3v) is 3.28. The van der Waals surface area contributed by atoms with Gasteiger partial charge in [-0.25, -0.2) is 4.79 Å². The summed E-state index contributed by atoms with van der Waals surface area (Å²) in [4.78, 5) is 13.0. The highest BCUT2D eigenvalue weighted by molar-refractivity contribution is 7.85. The molecule has 22 heavy (non-hydrogen) atoms. The van der Waals surface area contributed by atoms with Crippen LogP contribution in [-0.2, 0) is 19.0 Å². The van der Waals surface area contributed by atoms with E-state index < -0.39 is 28.9 Å². The van der Waals surface area contributed by atoms with E-state index in [1.165, 1.54) is 29.2 Å². The van der Waals surface area contributed by atoms with E-state index in [-0.39, 0.29) is 18.9 Å². The molecule has 122 valence electrons. The molecule has 1 atom stereocenters. The Labute approximate surface area is 125 Å². The molecule has 1 amide bonds. The number of nitrogens with zero attached hydrogens (tertiary/aromatic N) is 1. The molecule has 0 N–H and O–H groups in total. The summed E-state index contributed by atoms with van der Waals surface area (Å²) < 4.78 is 59.6. The molecular formula is C12H13F2NO6S. The number of hydrogen-bond acceptors (Lipinski definition) is 6. The lowest BCUT2D eigenvalue weighted by Crippen LogP contribution is -2.26. The quantitative estimate of drug-likeness (QED) is 0.733. The van der Waals surface area contributed by atoms with Crippen LogP contribution in [0.3, 0.4) is 0 Å². The normalized spacial score (nSPS) is 18.6. The molecule has 0 saturated carbocycles. The van der Waals surface area contributed by atoms with Gasteiger partial charge in [-0.2, -0.15) is 17.2 Å². The number of halogens is 2. The minimum Gasteiger partial charge on any atom is -0.441 e. The number of alkyl halides is 2. The molecule has 1 fully saturated rings. The van der Waals surface area contributed by atoms with E-state index in [0.29, 0.717) is 5.69 Å². The van der Waals surface area contributed by atoms with Crippen LogP contribution in [0.2, 0.25) is 0 Å². The molecule has 7 nitrogen and oxygen atoms in total. The summed E-state index contributed by atoms with van der Waals surface area (Å²) in [6, 6.07) is 5.40. The SMILES string of the molecule is CS(=O)(=O)OC[C@@H]1CN(c2ccc(OC(F)F)cc2)C(=O)O1. The summed E-state index contributed by atoms with van der Waals surface area (Å²) in [6.45, 7) is -3.13. The zero-order chi connectivity index (χ0) is 16.3. The Morgan fingerprint density at radius 2 is 2.00 bits per heavy atom. The molecule has 1 aliphatic rings. The van der Waals surface area contributed by atoms with Gasteiger partial charge in [0.25, 0.3) is 10.1 Å². The highest BCUT2D eigenvalue weighted by atomic mass is 32.2. The molecule has 1 saturated heterocycles. The van der Waals surface area contributed by atoms with Crippen molar-refractivity contribution in [3.63, 3.8) is 0 Å². The van der Waals surface area contributed by atoms with Crippen LogP contribution in [0.1, 0.15) is 0 Å². The van der Waals surface area contributed by atoms with Crippen molar-refractivity contribution in [1.82, 2.24) is 0 Å². The number of hydrogen-bond donors (Lipinski definition) is 0. The average molecular weight is 337 g/mol. The average Bonchev–Trinajstić information content (AvgIpc) is 2.77. The Morgan fingerprint density at radius 3 is 2.55 bits per heavy atom. The Balaban J connectivity index is 1.99. The molecule has 0 radical (unpaired) electrons. The fourth-order valence-corrected chi connectivity index (χ4v) is 2.23. The molecule has 0 bridgehead atoms. The summed E-state index contributed by atoms with van der Waals surface area (Å²) in [6.07, 6.45) is -0.521. The number of rotatable bonds is 6. The van der Waals surface area contributed by atoms with Gasteiger partial charge in [0, 0.05) is 5.69 Å². The molecular weight excluding hydrogens is 324 g/mol. The van der Waals surface area contributed by atoms with E-state index in [2.05, 4.69) is 8.92 Å². The minimum absolute atomic E-state index is 0.0386. The van der Waals surface area contributed by atoms with Gasteiger partial charge in [-0.05, 0) is 24.3 Å². The maximum atomic E-state index is 12.0. The predicted molar refractivity (Wildman–Crippen MR) is 71.5 cm³/mol. The number of anilines is 1. The van der Waals surface area contributed by atoms with Gasteiger partial charge in [0.05, 0.1) is 12.8 Å². The molecule has 1 aromatic rings. The van der Waals surface area contributed by atoms with Gasteiger partial charge in [-0.1, -0.05) is 0 Å². The maximum absolute atomic E-state index is 12.0. The number of cyclic esters (lactones) is 1. The van der Waals surface area contributed by atoms with Gasteiger partial charge < -0.3 is 9.47 Å². The topological polar surface area (TPSA) is 82.1 Å². The van der Waals surface area contributed by atoms with Crippen LogP contribution in [0.5, 0.6) is 5.75 Å². The van der Waals surface area contributed by atoms with E-state index >= 15 is 0 Å². The van der Waals surface area contributed by atoms with Crippen molar-refractivity contribution in [3.8, 4) is 5.75 Å². The van der Waals surface area contributed by atoms with Gasteiger partial charge in [0.15, 0.2) is 0 Å². The molecule has 10 heteroatoms. The zero-order valence-corrected chi connectivity index (χ0v) is 12.3. The number of ether oxygens (including phenoxy) is 2. The molecule has 0 unspecified atom stereocenters. The van der Waals surface area contributed by atoms with Crippen molar-refractivity contribution < 1.29 is 35.6 Å². The first-order valence-electron chi connectivity index (χ1n) is 6.12. The molecule has 2 rings (SSSR count). The second-order valence-corrected chi connectivity index (χ2v) is 6.12. The van der Waals surface area contributed by atoms with E-state index in [4.69, 9.17) is 4.74 Å². The second-order valence-electron chi connectivity index (χ2n) is 4.48. The van der Waals surface area contributed by atoms with Gasteiger partial charge in [0.1, 0.15) is 18.5 Å². The van der Waals surface area contributed by atoms with Crippen LogP contribution >= 0.6 is 0 Å². The highest BCUT2D eigenvalue weighted by Gasteiger charge is 2.33. The van der Waals surface area contributed by atoms with Crippen molar-refractivity contribution in [2.45, 2.75) is 12.7 Å². The van der Waals surface area contributed by atoms with E-state index in [1.807, 2.05) is 0 Å². The monoisotopic (exact) mass is 337 g/mol. The van der Waals surface area contributed by atoms with Crippen molar-refractivity contribution >= 4 is 21.9 Å². The standard InChI is InChI=1S/C12H13F2NO6S/c1-22(17,18)19-7-10-6-15(12(16)21-10)8-2-4-9(5-3-8)20-11(13)14/h2-5,10-11H,6-7H2,1H3/t10-/m0/s1. The highest BCUT2D eigenvalue weighted by Crippen LogP contribution is 2.25. The summed E-state index contributed by atoms with van der Waals surface area (Å²) in [5.41, 5.74) is 0.411. The van der Waals surface area contributed by atoms with E-state index in [1.54, 1.807) is 0 Å². The largest absolute Gasteiger partial charge is 0.441 e. The van der Waals surface area contributed by atoms with Gasteiger partial charge in [-0.3, -0.25) is 9.08 Å². The van der Waals surface area contributed by atoms with Crippen molar-refractivity contribution in [3.05, 3.63) is 24.3 Å². The van der Waals surface area contributed by atoms with Crippen LogP contribution in [0.4, 0.5) is 19.3 Å². The lowest BCUT2D eigenvalue weighted by molar-refractivity contribution is -0.0498. The molecule has 1 aliphatic heterocycles. The second kappa shape index (κ2) is 6.44. The summed E-state index contributed by atoms with van der Waals surface area (Å²) in [5.74, 6) is -0.0386. The first-order valence-corrected chi connectivity index (χ1v) is 7.93. The van der Waals surface area contributed by atoms with Crippen molar-refractivity contribution in [2.75, 3.05) is 24.3 Å². The molecule has 0 spiro atoms. The molecule has 1 aromatic carbocycles. The van der Waals surface area contributed by atoms with Gasteiger partial charge >= 0.3 is 12.7 Å². The number of benzene rings is 1. The fourth-order valence-electron chi connectivity index (χ4n) is 1.83. The predicted octanol–water partition coefficient (Wildman–Crippen LogP) is 1.59. The van der Waals surface area contributed by atoms with Crippen molar-refractivity contribution in [2.24, 2.45) is 0 Å². The first kappa shape index (κ1) is 16.4. The first-order chi connectivity index (χ1) is 10.2. The lowest BCUT2D eigenvalue weighted by atomic mass is 10.2. The van der Waals surface area contributed by atoms with E-state index in [9.17, 15) is 22.0 Å². The van der Waals surface area contributed by atoms with Gasteiger partial charge in [0.2, 0.25) is 0 Å². The van der Waals surface area contributed by atoms with Crippen LogP contribution in [-0.4, -0.2) is 46.6 Å². The zero-order valence-electron chi connectivity index (χ0n) is 11.4. The number of carbonyl (C=O) groups is 1. The maximum Gasteiger partial charge on any atom is 0.414 e. The lowest BCUT2D eigenvalue weighted by Gasteiger charge is -2.13. The third-order valence-electron chi connectivity index (χ3n) is 2.72. The Hall–Kier alpha value is -1.94. The Morgan fingerprint density at radius 1 is 1.36 bits per heavy atom. The number of amides is 1. The summed E-state index contributed by atoms with van der Waals surface area (Å²) in [7, 11) is -3.63. The fraction of sp³-hybridized carbons (Fsp3) is 0.417. The summed E-state index contributed by atoms with van der Waals surface area (Å²) in [5, 5.41) is 0. The van der Waals surface area contributed by atoms with Crippen LogP contribution in [0.15, 0.2) is 24.3 Å². The smallest absolute Gasteiger partial charge is 0.414 e. The van der Waals surface area contributed by atoms with Crippen molar-refractivity contribution in [1.29, 1.82) is 0 Å². The Bertz CT molecular complexity index is 634. The minimum atomic E-state index is -3.63. The molecule has 0 aromatic heterocycles. The summed E-state index contributed by atoms with van der Waals surface area (Å²) >= 11 is 0. The third kappa shape index (κ3) is 4.53. The van der Waals surface area contributed by atoms with Crippen LogP contribution < -0.4 is 9.64 Å². The molecule has 1 heterocycles. The molecule has 0 aliphatic carbocycles. The van der Waals surface area contributed by atoms with Crippen LogP contribution in [0, 0.1) is 0 Å². The number of carbonyl (C=O) groups excluding carboxylic acids is 1.